The largest absolute Gasteiger partial charge is 0.495 e. The smallest absolute Gasteiger partial charge is 0.307 e. The summed E-state index contributed by atoms with van der Waals surface area (Å²) in [7, 11) is -2.77. The van der Waals surface area contributed by atoms with Gasteiger partial charge in [0.1, 0.15) is 5.75 Å². The van der Waals surface area contributed by atoms with Gasteiger partial charge in [0.05, 0.1) is 29.0 Å². The van der Waals surface area contributed by atoms with Gasteiger partial charge in [-0.15, -0.1) is 0 Å². The summed E-state index contributed by atoms with van der Waals surface area (Å²) in [6.07, 6.45) is 1.30. The monoisotopic (exact) mass is 405 g/mol. The minimum atomic E-state index is -4.21. The normalized spacial score (nSPS) is 11.2. The molecule has 0 spiro atoms. The Kier molecular flexibility index (Phi) is 5.25. The number of benzene rings is 2. The Morgan fingerprint density at radius 3 is 2.37 bits per heavy atom. The van der Waals surface area contributed by atoms with Crippen molar-refractivity contribution in [1.29, 1.82) is 0 Å². The lowest BCUT2D eigenvalue weighted by molar-refractivity contribution is 0.0979. The first-order valence-corrected chi connectivity index (χ1v) is 9.70. The molecule has 0 radical (unpaired) electrons. The first kappa shape index (κ1) is 19.0. The van der Waals surface area contributed by atoms with Gasteiger partial charge in [0.25, 0.3) is 10.0 Å². The summed E-state index contributed by atoms with van der Waals surface area (Å²) in [5.41, 5.74) is 0.966. The van der Waals surface area contributed by atoms with Crippen molar-refractivity contribution in [3.63, 3.8) is 0 Å². The third-order valence-corrected chi connectivity index (χ3v) is 5.87. The fraction of sp³-hybridized carbons (Fsp3) is 0.105. The highest BCUT2D eigenvalue weighted by Gasteiger charge is 2.33. The Morgan fingerprint density at radius 2 is 1.81 bits per heavy atom. The molecule has 0 aliphatic rings. The minimum absolute atomic E-state index is 0.0278. The Morgan fingerprint density at radius 1 is 1.11 bits per heavy atom. The van der Waals surface area contributed by atoms with Gasteiger partial charge in [-0.1, -0.05) is 29.3 Å². The van der Waals surface area contributed by atoms with Crippen molar-refractivity contribution in [2.24, 2.45) is 0 Å². The van der Waals surface area contributed by atoms with E-state index in [-0.39, 0.29) is 21.4 Å². The molecule has 0 aliphatic heterocycles. The predicted molar refractivity (Wildman–Crippen MR) is 102 cm³/mol. The molecule has 1 aromatic heterocycles. The van der Waals surface area contributed by atoms with E-state index in [4.69, 9.17) is 20.8 Å². The highest BCUT2D eigenvalue weighted by molar-refractivity contribution is 7.93. The number of ether oxygens (including phenoxy) is 1. The summed E-state index contributed by atoms with van der Waals surface area (Å²) in [5.74, 6) is -0.585. The number of nitrogens with zero attached hydrogens (tertiary/aromatic N) is 1. The van der Waals surface area contributed by atoms with Crippen molar-refractivity contribution in [3.05, 3.63) is 77.2 Å². The van der Waals surface area contributed by atoms with E-state index in [2.05, 4.69) is 0 Å². The molecule has 6 nitrogen and oxygen atoms in total. The van der Waals surface area contributed by atoms with Crippen LogP contribution in [0, 0.1) is 6.92 Å². The molecular weight excluding hydrogens is 390 g/mol. The summed E-state index contributed by atoms with van der Waals surface area (Å²) >= 11 is 6.14. The number of aryl methyl sites for hydroxylation is 1. The van der Waals surface area contributed by atoms with Crippen LogP contribution in [-0.4, -0.2) is 21.4 Å². The van der Waals surface area contributed by atoms with Crippen molar-refractivity contribution >= 4 is 33.2 Å². The lowest BCUT2D eigenvalue weighted by Gasteiger charge is -2.22. The van der Waals surface area contributed by atoms with E-state index in [1.54, 1.807) is 12.1 Å². The van der Waals surface area contributed by atoms with Gasteiger partial charge in [-0.05, 0) is 49.4 Å². The fourth-order valence-corrected chi connectivity index (χ4v) is 4.10. The Labute approximate surface area is 162 Å². The maximum absolute atomic E-state index is 13.2. The molecule has 1 amide bonds. The van der Waals surface area contributed by atoms with Crippen molar-refractivity contribution in [1.82, 2.24) is 0 Å². The van der Waals surface area contributed by atoms with E-state index in [0.717, 1.165) is 5.56 Å². The molecule has 2 aromatic carbocycles. The zero-order chi connectivity index (χ0) is 19.6. The maximum Gasteiger partial charge on any atom is 0.307 e. The van der Waals surface area contributed by atoms with E-state index < -0.39 is 15.9 Å². The van der Waals surface area contributed by atoms with Crippen LogP contribution in [0.15, 0.2) is 70.2 Å². The molecular formula is C19H16ClNO5S. The molecule has 8 heteroatoms. The predicted octanol–water partition coefficient (Wildman–Crippen LogP) is 4.29. The quantitative estimate of drug-likeness (QED) is 0.633. The van der Waals surface area contributed by atoms with Gasteiger partial charge in [0, 0.05) is 0 Å². The number of hydrogen-bond donors (Lipinski definition) is 0. The Balaban J connectivity index is 2.17. The highest BCUT2D eigenvalue weighted by Crippen LogP contribution is 2.33. The fourth-order valence-electron chi connectivity index (χ4n) is 2.46. The highest BCUT2D eigenvalue weighted by atomic mass is 35.5. The standard InChI is InChI=1S/C19H16ClNO5S/c1-13-5-8-15(9-6-13)27(23,24)21(19(22)18-4-3-11-26-18)14-7-10-17(25-2)16(20)12-14/h3-12H,1-2H3. The zero-order valence-electron chi connectivity index (χ0n) is 14.5. The van der Waals surface area contributed by atoms with Crippen molar-refractivity contribution in [2.45, 2.75) is 11.8 Å². The lowest BCUT2D eigenvalue weighted by atomic mass is 10.2. The third kappa shape index (κ3) is 3.70. The number of rotatable bonds is 5. The minimum Gasteiger partial charge on any atom is -0.495 e. The number of furan rings is 1. The second kappa shape index (κ2) is 7.46. The molecule has 0 fully saturated rings. The van der Waals surface area contributed by atoms with Crippen LogP contribution in [0.1, 0.15) is 16.1 Å². The van der Waals surface area contributed by atoms with Crippen LogP contribution in [0.3, 0.4) is 0 Å². The number of carbonyl (C=O) groups excluding carboxylic acids is 1. The van der Waals surface area contributed by atoms with Crippen molar-refractivity contribution < 1.29 is 22.4 Å². The first-order chi connectivity index (χ1) is 12.8. The number of methoxy groups -OCH3 is 1. The lowest BCUT2D eigenvalue weighted by Crippen LogP contribution is -2.36. The molecule has 0 saturated heterocycles. The van der Waals surface area contributed by atoms with Crippen molar-refractivity contribution in [2.75, 3.05) is 11.4 Å². The topological polar surface area (TPSA) is 76.8 Å². The van der Waals surface area contributed by atoms with Gasteiger partial charge >= 0.3 is 5.91 Å². The van der Waals surface area contributed by atoms with E-state index in [1.807, 2.05) is 6.92 Å². The molecule has 140 valence electrons. The van der Waals surface area contributed by atoms with Crippen LogP contribution in [0.2, 0.25) is 5.02 Å². The van der Waals surface area contributed by atoms with Gasteiger partial charge in [0.2, 0.25) is 0 Å². The number of amides is 1. The molecule has 0 N–H and O–H groups in total. The second-order valence-electron chi connectivity index (χ2n) is 5.68. The summed E-state index contributed by atoms with van der Waals surface area (Å²) in [5, 5.41) is 0.173. The summed E-state index contributed by atoms with van der Waals surface area (Å²) in [4.78, 5) is 12.9. The zero-order valence-corrected chi connectivity index (χ0v) is 16.1. The van der Waals surface area contributed by atoms with Crippen LogP contribution in [0.25, 0.3) is 0 Å². The van der Waals surface area contributed by atoms with Crippen LogP contribution in [0.4, 0.5) is 5.69 Å². The molecule has 27 heavy (non-hydrogen) atoms. The van der Waals surface area contributed by atoms with Crippen LogP contribution < -0.4 is 9.04 Å². The second-order valence-corrected chi connectivity index (χ2v) is 7.88. The van der Waals surface area contributed by atoms with Gasteiger partial charge in [-0.25, -0.2) is 8.42 Å². The summed E-state index contributed by atoms with van der Waals surface area (Å²) < 4.78 is 37.3. The maximum atomic E-state index is 13.2. The molecule has 3 aromatic rings. The molecule has 0 bridgehead atoms. The van der Waals surface area contributed by atoms with Crippen LogP contribution in [0.5, 0.6) is 5.75 Å². The molecule has 0 saturated carbocycles. The first-order valence-electron chi connectivity index (χ1n) is 7.88. The van der Waals surface area contributed by atoms with Crippen LogP contribution >= 0.6 is 11.6 Å². The average molecular weight is 406 g/mol. The number of anilines is 1. The third-order valence-electron chi connectivity index (χ3n) is 3.85. The van der Waals surface area contributed by atoms with Gasteiger partial charge in [-0.2, -0.15) is 4.31 Å². The van der Waals surface area contributed by atoms with Gasteiger partial charge in [-0.3, -0.25) is 4.79 Å². The summed E-state index contributed by atoms with van der Waals surface area (Å²) in [6.45, 7) is 1.84. The molecule has 0 atom stereocenters. The van der Waals surface area contributed by atoms with Crippen LogP contribution in [-0.2, 0) is 10.0 Å². The average Bonchev–Trinajstić information content (AvgIpc) is 3.17. The van der Waals surface area contributed by atoms with E-state index in [0.29, 0.717) is 10.1 Å². The van der Waals surface area contributed by atoms with E-state index in [9.17, 15) is 13.2 Å². The SMILES string of the molecule is COc1ccc(N(C(=O)c2ccco2)S(=O)(=O)c2ccc(C)cc2)cc1Cl. The number of sulfonamides is 1. The van der Waals surface area contributed by atoms with Gasteiger partial charge in [0.15, 0.2) is 5.76 Å². The Hall–Kier alpha value is -2.77. The molecule has 0 unspecified atom stereocenters. The van der Waals surface area contributed by atoms with Gasteiger partial charge < -0.3 is 9.15 Å². The molecule has 1 heterocycles. The molecule has 0 aliphatic carbocycles. The van der Waals surface area contributed by atoms with E-state index >= 15 is 0 Å². The van der Waals surface area contributed by atoms with Crippen molar-refractivity contribution in [3.8, 4) is 5.75 Å². The number of halogens is 1. The number of carbonyl (C=O) groups is 1. The van der Waals surface area contributed by atoms with E-state index in [1.165, 1.54) is 55.8 Å². The summed E-state index contributed by atoms with van der Waals surface area (Å²) in [6, 6.07) is 13.4. The molecule has 3 rings (SSSR count). The number of hydrogen-bond acceptors (Lipinski definition) is 5. The Bertz CT molecular complexity index is 1060.